The van der Waals surface area contributed by atoms with E-state index in [1.165, 1.54) is 6.07 Å². The van der Waals surface area contributed by atoms with Crippen LogP contribution < -0.4 is 4.74 Å². The number of rotatable bonds is 3. The van der Waals surface area contributed by atoms with Gasteiger partial charge in [-0.3, -0.25) is 4.79 Å². The molecule has 0 amide bonds. The molecule has 0 radical (unpaired) electrons. The Hall–Kier alpha value is -2.55. The molecule has 2 aromatic carbocycles. The van der Waals surface area contributed by atoms with E-state index in [9.17, 15) is 9.90 Å². The van der Waals surface area contributed by atoms with Crippen molar-refractivity contribution in [3.63, 3.8) is 0 Å². The Morgan fingerprint density at radius 2 is 1.73 bits per heavy atom. The molecule has 0 aliphatic rings. The quantitative estimate of drug-likeness (QED) is 0.515. The fourth-order valence-electron chi connectivity index (χ4n) is 1.74. The van der Waals surface area contributed by atoms with Crippen LogP contribution >= 0.6 is 0 Å². The average molecular weight is 296 g/mol. The molecule has 2 aromatic rings. The molecule has 0 fully saturated rings. The van der Waals surface area contributed by atoms with Gasteiger partial charge in [0.2, 0.25) is 0 Å². The van der Waals surface area contributed by atoms with Crippen molar-refractivity contribution >= 4 is 18.1 Å². The second-order valence-electron chi connectivity index (χ2n) is 6.10. The van der Waals surface area contributed by atoms with E-state index in [-0.39, 0.29) is 11.7 Å². The second-order valence-corrected chi connectivity index (χ2v) is 6.10. The van der Waals surface area contributed by atoms with Gasteiger partial charge in [-0.05, 0) is 38.5 Å². The normalized spacial score (nSPS) is 11.6. The fourth-order valence-corrected chi connectivity index (χ4v) is 1.74. The minimum Gasteiger partial charge on any atom is -0.507 e. The van der Waals surface area contributed by atoms with Crippen LogP contribution in [0.2, 0.25) is 0 Å². The molecule has 0 unspecified atom stereocenters. The Balaban J connectivity index is 2.13. The molecule has 0 spiro atoms. The Morgan fingerprint density at radius 1 is 1.05 bits per heavy atom. The van der Waals surface area contributed by atoms with Gasteiger partial charge in [0.25, 0.3) is 0 Å². The number of aromatic hydroxyl groups is 1. The molecule has 0 bridgehead atoms. The standard InChI is InChI=1S/C19H20O3/c1-19(2,3)18(21)22-16-12-11-15(17(20)13-16)10-9-14-7-5-4-6-8-14/h4-13,20H,1-3H3. The van der Waals surface area contributed by atoms with Crippen LogP contribution in [0.15, 0.2) is 48.5 Å². The molecule has 0 atom stereocenters. The first-order chi connectivity index (χ1) is 10.4. The molecule has 0 saturated heterocycles. The summed E-state index contributed by atoms with van der Waals surface area (Å²) in [4.78, 5) is 11.8. The number of hydrogen-bond acceptors (Lipinski definition) is 3. The summed E-state index contributed by atoms with van der Waals surface area (Å²) >= 11 is 0. The number of ether oxygens (including phenoxy) is 1. The van der Waals surface area contributed by atoms with Crippen LogP contribution in [0.5, 0.6) is 11.5 Å². The van der Waals surface area contributed by atoms with Crippen LogP contribution in [0.25, 0.3) is 12.2 Å². The Labute approximate surface area is 130 Å². The van der Waals surface area contributed by atoms with E-state index >= 15 is 0 Å². The third-order valence-electron chi connectivity index (χ3n) is 3.08. The van der Waals surface area contributed by atoms with E-state index < -0.39 is 5.41 Å². The zero-order valence-corrected chi connectivity index (χ0v) is 13.0. The first-order valence-corrected chi connectivity index (χ1v) is 7.15. The molecule has 0 aliphatic heterocycles. The van der Waals surface area contributed by atoms with Crippen LogP contribution in [0.4, 0.5) is 0 Å². The third-order valence-corrected chi connectivity index (χ3v) is 3.08. The van der Waals surface area contributed by atoms with Gasteiger partial charge in [-0.1, -0.05) is 42.5 Å². The minimum absolute atomic E-state index is 0.0754. The molecular formula is C19H20O3. The number of phenols is 1. The van der Waals surface area contributed by atoms with Crippen molar-refractivity contribution in [1.82, 2.24) is 0 Å². The summed E-state index contributed by atoms with van der Waals surface area (Å²) in [6.45, 7) is 5.35. The summed E-state index contributed by atoms with van der Waals surface area (Å²) in [6, 6.07) is 14.7. The molecule has 3 nitrogen and oxygen atoms in total. The van der Waals surface area contributed by atoms with Gasteiger partial charge in [0.05, 0.1) is 5.41 Å². The van der Waals surface area contributed by atoms with Crippen LogP contribution in [-0.4, -0.2) is 11.1 Å². The molecule has 114 valence electrons. The number of carbonyl (C=O) groups excluding carboxylic acids is 1. The van der Waals surface area contributed by atoms with Gasteiger partial charge in [-0.25, -0.2) is 0 Å². The van der Waals surface area contributed by atoms with Gasteiger partial charge in [-0.2, -0.15) is 0 Å². The maximum Gasteiger partial charge on any atom is 0.316 e. The summed E-state index contributed by atoms with van der Waals surface area (Å²) < 4.78 is 5.25. The van der Waals surface area contributed by atoms with Crippen molar-refractivity contribution < 1.29 is 14.6 Å². The smallest absolute Gasteiger partial charge is 0.316 e. The van der Waals surface area contributed by atoms with Crippen molar-refractivity contribution in [2.45, 2.75) is 20.8 Å². The van der Waals surface area contributed by atoms with Crippen LogP contribution in [-0.2, 0) is 4.79 Å². The van der Waals surface area contributed by atoms with Crippen molar-refractivity contribution in [2.75, 3.05) is 0 Å². The van der Waals surface area contributed by atoms with Crippen molar-refractivity contribution in [1.29, 1.82) is 0 Å². The van der Waals surface area contributed by atoms with Crippen LogP contribution in [0.3, 0.4) is 0 Å². The van der Waals surface area contributed by atoms with Crippen molar-refractivity contribution in [2.24, 2.45) is 5.41 Å². The summed E-state index contributed by atoms with van der Waals surface area (Å²) in [5, 5.41) is 10.0. The van der Waals surface area contributed by atoms with E-state index in [1.807, 2.05) is 42.5 Å². The largest absolute Gasteiger partial charge is 0.507 e. The highest BCUT2D eigenvalue weighted by Crippen LogP contribution is 2.27. The molecule has 22 heavy (non-hydrogen) atoms. The zero-order valence-electron chi connectivity index (χ0n) is 13.0. The maximum atomic E-state index is 11.8. The highest BCUT2D eigenvalue weighted by molar-refractivity contribution is 5.78. The zero-order chi connectivity index (χ0) is 16.2. The summed E-state index contributed by atoms with van der Waals surface area (Å²) in [5.41, 5.74) is 1.13. The van der Waals surface area contributed by atoms with Crippen molar-refractivity contribution in [3.05, 3.63) is 59.7 Å². The number of benzene rings is 2. The lowest BCUT2D eigenvalue weighted by atomic mass is 9.97. The predicted octanol–water partition coefficient (Wildman–Crippen LogP) is 4.51. The Morgan fingerprint density at radius 3 is 2.32 bits per heavy atom. The molecular weight excluding hydrogens is 276 g/mol. The predicted molar refractivity (Wildman–Crippen MR) is 88.6 cm³/mol. The lowest BCUT2D eigenvalue weighted by molar-refractivity contribution is -0.142. The lowest BCUT2D eigenvalue weighted by Crippen LogP contribution is -2.25. The highest BCUT2D eigenvalue weighted by Gasteiger charge is 2.23. The summed E-state index contributed by atoms with van der Waals surface area (Å²) in [5.74, 6) is 0.0835. The number of esters is 1. The summed E-state index contributed by atoms with van der Waals surface area (Å²) in [7, 11) is 0. The Kier molecular flexibility index (Phi) is 4.66. The highest BCUT2D eigenvalue weighted by atomic mass is 16.5. The SMILES string of the molecule is CC(C)(C)C(=O)Oc1ccc(C=Cc2ccccc2)c(O)c1. The monoisotopic (exact) mass is 296 g/mol. The minimum atomic E-state index is -0.582. The van der Waals surface area contributed by atoms with Crippen molar-refractivity contribution in [3.8, 4) is 11.5 Å². The van der Waals surface area contributed by atoms with Gasteiger partial charge in [0, 0.05) is 11.6 Å². The lowest BCUT2D eigenvalue weighted by Gasteiger charge is -2.16. The van der Waals surface area contributed by atoms with E-state index in [1.54, 1.807) is 32.9 Å². The van der Waals surface area contributed by atoms with E-state index in [0.29, 0.717) is 11.3 Å². The van der Waals surface area contributed by atoms with Gasteiger partial charge in [0.15, 0.2) is 0 Å². The van der Waals surface area contributed by atoms with E-state index in [2.05, 4.69) is 0 Å². The van der Waals surface area contributed by atoms with Crippen LogP contribution in [0.1, 0.15) is 31.9 Å². The van der Waals surface area contributed by atoms with Crippen LogP contribution in [0, 0.1) is 5.41 Å². The summed E-state index contributed by atoms with van der Waals surface area (Å²) in [6.07, 6.45) is 3.73. The molecule has 0 heterocycles. The first kappa shape index (κ1) is 15.8. The van der Waals surface area contributed by atoms with Gasteiger partial charge >= 0.3 is 5.97 Å². The Bertz CT molecular complexity index is 680. The number of carbonyl (C=O) groups is 1. The van der Waals surface area contributed by atoms with Gasteiger partial charge in [0.1, 0.15) is 11.5 Å². The van der Waals surface area contributed by atoms with Gasteiger partial charge in [-0.15, -0.1) is 0 Å². The molecule has 0 aromatic heterocycles. The van der Waals surface area contributed by atoms with E-state index in [4.69, 9.17) is 4.74 Å². The number of hydrogen-bond donors (Lipinski definition) is 1. The second kappa shape index (κ2) is 6.48. The first-order valence-electron chi connectivity index (χ1n) is 7.15. The average Bonchev–Trinajstić information content (AvgIpc) is 2.46. The van der Waals surface area contributed by atoms with Gasteiger partial charge < -0.3 is 9.84 Å². The molecule has 0 saturated carbocycles. The molecule has 3 heteroatoms. The fraction of sp³-hybridized carbons (Fsp3) is 0.211. The number of phenolic OH excluding ortho intramolecular Hbond substituents is 1. The molecule has 2 rings (SSSR count). The third kappa shape index (κ3) is 4.22. The molecule has 1 N–H and O–H groups in total. The molecule has 0 aliphatic carbocycles. The maximum absolute atomic E-state index is 11.8. The van der Waals surface area contributed by atoms with E-state index in [0.717, 1.165) is 5.56 Å². The topological polar surface area (TPSA) is 46.5 Å².